The number of likely N-dealkylation sites (N-methyl/N-ethyl adjacent to an activating group) is 1. The normalized spacial score (nSPS) is 24.5. The number of thiazole rings is 1. The van der Waals surface area contributed by atoms with Gasteiger partial charge in [0.2, 0.25) is 5.76 Å². The molecule has 1 aromatic carbocycles. The van der Waals surface area contributed by atoms with E-state index in [1.54, 1.807) is 6.07 Å². The Morgan fingerprint density at radius 2 is 2.25 bits per heavy atom. The van der Waals surface area contributed by atoms with Gasteiger partial charge >= 0.3 is 5.97 Å². The van der Waals surface area contributed by atoms with Crippen molar-refractivity contribution in [2.75, 3.05) is 20.3 Å². The fourth-order valence-electron chi connectivity index (χ4n) is 2.81. The van der Waals surface area contributed by atoms with Crippen LogP contribution >= 0.6 is 11.3 Å². The molecular weight excluding hydrogens is 330 g/mol. The zero-order valence-corrected chi connectivity index (χ0v) is 13.7. The maximum absolute atomic E-state index is 13.5. The molecule has 8 heteroatoms. The number of carbonyl (C=O) groups excluding carboxylic acids is 1. The summed E-state index contributed by atoms with van der Waals surface area (Å²) in [7, 11) is 1.82. The highest BCUT2D eigenvalue weighted by atomic mass is 32.1. The Labute approximate surface area is 141 Å². The monoisotopic (exact) mass is 345 g/mol. The summed E-state index contributed by atoms with van der Waals surface area (Å²) < 4.78 is 10.6. The largest absolute Gasteiger partial charge is 0.622 e. The van der Waals surface area contributed by atoms with Crippen LogP contribution in [0.3, 0.4) is 0 Å². The van der Waals surface area contributed by atoms with Gasteiger partial charge in [-0.2, -0.15) is 4.98 Å². The number of hydrogen-bond donors (Lipinski definition) is 0. The molecule has 1 aliphatic heterocycles. The molecule has 1 aliphatic rings. The predicted molar refractivity (Wildman–Crippen MR) is 90.2 cm³/mol. The number of benzene rings is 1. The van der Waals surface area contributed by atoms with E-state index in [0.29, 0.717) is 11.7 Å². The lowest BCUT2D eigenvalue weighted by molar-refractivity contribution is 0.00260. The van der Waals surface area contributed by atoms with E-state index in [-0.39, 0.29) is 12.4 Å². The van der Waals surface area contributed by atoms with Crippen LogP contribution in [0.25, 0.3) is 10.2 Å². The first kappa shape index (κ1) is 15.3. The summed E-state index contributed by atoms with van der Waals surface area (Å²) in [6.07, 6.45) is 0.512. The van der Waals surface area contributed by atoms with Crippen molar-refractivity contribution in [3.8, 4) is 0 Å². The quantitative estimate of drug-likeness (QED) is 0.413. The summed E-state index contributed by atoms with van der Waals surface area (Å²) >= 11 is 1.33. The van der Waals surface area contributed by atoms with E-state index in [2.05, 4.69) is 4.98 Å². The highest BCUT2D eigenvalue weighted by Gasteiger charge is 2.45. The molecule has 0 spiro atoms. The minimum Gasteiger partial charge on any atom is -0.622 e. The van der Waals surface area contributed by atoms with E-state index in [1.807, 2.05) is 36.2 Å². The maximum Gasteiger partial charge on any atom is 0.378 e. The maximum atomic E-state index is 13.5. The van der Waals surface area contributed by atoms with Crippen molar-refractivity contribution >= 4 is 32.7 Å². The van der Waals surface area contributed by atoms with Gasteiger partial charge in [0, 0.05) is 0 Å². The zero-order chi connectivity index (χ0) is 16.7. The summed E-state index contributed by atoms with van der Waals surface area (Å²) in [6, 6.07) is 10.7. The van der Waals surface area contributed by atoms with E-state index in [1.165, 1.54) is 23.7 Å². The number of aromatic nitrogens is 1. The number of esters is 1. The van der Waals surface area contributed by atoms with Crippen molar-refractivity contribution in [1.29, 1.82) is 0 Å². The van der Waals surface area contributed by atoms with Crippen LogP contribution < -0.4 is 4.65 Å². The van der Waals surface area contributed by atoms with Crippen molar-refractivity contribution in [2.24, 2.45) is 0 Å². The Morgan fingerprint density at radius 1 is 1.42 bits per heavy atom. The number of quaternary nitrogens is 1. The molecule has 7 nitrogen and oxygen atoms in total. The van der Waals surface area contributed by atoms with Crippen LogP contribution in [0, 0.1) is 5.21 Å². The van der Waals surface area contributed by atoms with Crippen LogP contribution in [0.5, 0.6) is 0 Å². The van der Waals surface area contributed by atoms with Gasteiger partial charge < -0.3 is 14.4 Å². The van der Waals surface area contributed by atoms with Gasteiger partial charge in [0.25, 0.3) is 11.4 Å². The fraction of sp³-hybridized carbons (Fsp3) is 0.250. The van der Waals surface area contributed by atoms with Gasteiger partial charge in [-0.1, -0.05) is 23.5 Å². The molecule has 4 rings (SSSR count). The van der Waals surface area contributed by atoms with Gasteiger partial charge in [-0.05, 0) is 31.3 Å². The number of hydrogen-bond acceptors (Lipinski definition) is 7. The van der Waals surface area contributed by atoms with Gasteiger partial charge in [-0.25, -0.2) is 9.69 Å². The van der Waals surface area contributed by atoms with Crippen molar-refractivity contribution in [3.63, 3.8) is 0 Å². The number of rotatable bonds is 3. The van der Waals surface area contributed by atoms with Crippen molar-refractivity contribution in [3.05, 3.63) is 53.6 Å². The Balaban J connectivity index is 1.66. The average Bonchev–Trinajstić information content (AvgIpc) is 3.27. The lowest BCUT2D eigenvalue weighted by Crippen LogP contribution is -2.50. The second-order valence-electron chi connectivity index (χ2n) is 5.78. The molecule has 3 heterocycles. The van der Waals surface area contributed by atoms with E-state index in [9.17, 15) is 10.0 Å². The van der Waals surface area contributed by atoms with E-state index in [0.717, 1.165) is 10.2 Å². The van der Waals surface area contributed by atoms with Crippen molar-refractivity contribution in [1.82, 2.24) is 14.5 Å². The number of para-hydroxylation sites is 1. The lowest BCUT2D eigenvalue weighted by atomic mass is 10.3. The first-order valence-electron chi connectivity index (χ1n) is 7.44. The molecule has 0 radical (unpaired) electrons. The van der Waals surface area contributed by atoms with Gasteiger partial charge in [-0.15, -0.1) is 0 Å². The molecule has 0 saturated carbocycles. The summed E-state index contributed by atoms with van der Waals surface area (Å²) in [5.41, 5.74) is 0.775. The molecule has 0 amide bonds. The van der Waals surface area contributed by atoms with Crippen LogP contribution in [0.2, 0.25) is 0 Å². The highest BCUT2D eigenvalue weighted by Crippen LogP contribution is 2.37. The molecule has 24 heavy (non-hydrogen) atoms. The third kappa shape index (κ3) is 2.49. The average molecular weight is 345 g/mol. The van der Waals surface area contributed by atoms with Crippen LogP contribution in [-0.4, -0.2) is 42.3 Å². The topological polar surface area (TPSA) is 78.6 Å². The van der Waals surface area contributed by atoms with Crippen molar-refractivity contribution < 1.29 is 13.9 Å². The summed E-state index contributed by atoms with van der Waals surface area (Å²) in [5, 5.41) is 13.8. The summed E-state index contributed by atoms with van der Waals surface area (Å²) in [5.74, 6) is -0.555. The zero-order valence-electron chi connectivity index (χ0n) is 12.9. The molecule has 0 aliphatic carbocycles. The van der Waals surface area contributed by atoms with E-state index < -0.39 is 16.8 Å². The predicted octanol–water partition coefficient (Wildman–Crippen LogP) is 2.78. The second kappa shape index (κ2) is 5.67. The van der Waals surface area contributed by atoms with Gasteiger partial charge in [0.05, 0.1) is 23.0 Å². The highest BCUT2D eigenvalue weighted by molar-refractivity contribution is 7.22. The molecule has 3 aromatic rings. The minimum absolute atomic E-state index is 0.0837. The molecule has 0 N–H and O–H groups in total. The number of hydroxylamine groups is 2. The third-order valence-corrected chi connectivity index (χ3v) is 5.10. The smallest absolute Gasteiger partial charge is 0.378 e. The van der Waals surface area contributed by atoms with Gasteiger partial charge in [0.1, 0.15) is 6.67 Å². The molecular formula is C16H15N3O4S. The number of furan rings is 1. The first-order chi connectivity index (χ1) is 11.6. The Hall–Kier alpha value is -2.26. The van der Waals surface area contributed by atoms with Gasteiger partial charge in [0.15, 0.2) is 0 Å². The molecule has 2 aromatic heterocycles. The summed E-state index contributed by atoms with van der Waals surface area (Å²) in [4.78, 5) is 18.4. The Kier molecular flexibility index (Phi) is 3.61. The van der Waals surface area contributed by atoms with Gasteiger partial charge in [-0.3, -0.25) is 4.65 Å². The first-order valence-corrected chi connectivity index (χ1v) is 8.26. The number of ether oxygens (including phenoxy) is 1. The fourth-order valence-corrected chi connectivity index (χ4v) is 3.85. The number of carbonyl (C=O) groups is 1. The molecule has 0 bridgehead atoms. The molecule has 2 atom stereocenters. The lowest BCUT2D eigenvalue weighted by Gasteiger charge is -2.38. The van der Waals surface area contributed by atoms with Crippen LogP contribution in [-0.2, 0) is 4.74 Å². The molecule has 1 fully saturated rings. The number of fused-ring (bicyclic) bond motifs is 1. The van der Waals surface area contributed by atoms with Crippen LogP contribution in [0.4, 0.5) is 5.13 Å². The van der Waals surface area contributed by atoms with E-state index in [4.69, 9.17) is 9.15 Å². The van der Waals surface area contributed by atoms with E-state index >= 15 is 0 Å². The third-order valence-electron chi connectivity index (χ3n) is 3.96. The minimum atomic E-state index is -0.881. The molecule has 2 unspecified atom stereocenters. The second-order valence-corrected chi connectivity index (χ2v) is 6.79. The standard InChI is InChI=1S/C16H15N3O4S/c1-18-9-14(23-15(20)12-6-4-8-22-12)19(21,10-18)16-17-11-5-2-3-7-13(11)24-16/h2-8,14H,9-10H2,1H3. The Bertz CT molecular complexity index is 845. The number of nitrogens with zero attached hydrogens (tertiary/aromatic N) is 3. The summed E-state index contributed by atoms with van der Waals surface area (Å²) in [6.45, 7) is 0.516. The molecule has 124 valence electrons. The SMILES string of the molecule is CN1CC(OC(=O)c2ccco2)[N+]([O-])(c2nc3ccccc3s2)C1. The van der Waals surface area contributed by atoms with Crippen LogP contribution in [0.15, 0.2) is 47.1 Å². The molecule has 1 saturated heterocycles. The Morgan fingerprint density at radius 3 is 3.00 bits per heavy atom. The van der Waals surface area contributed by atoms with Crippen LogP contribution in [0.1, 0.15) is 10.6 Å². The van der Waals surface area contributed by atoms with Crippen molar-refractivity contribution in [2.45, 2.75) is 6.23 Å².